The molecule has 2 rings (SSSR count). The van der Waals surface area contributed by atoms with Crippen LogP contribution in [0.3, 0.4) is 0 Å². The van der Waals surface area contributed by atoms with Crippen LogP contribution in [-0.2, 0) is 0 Å². The predicted octanol–water partition coefficient (Wildman–Crippen LogP) is 1.79. The molecule has 0 aliphatic carbocycles. The smallest absolute Gasteiger partial charge is 0.257 e. The third-order valence-corrected chi connectivity index (χ3v) is 3.21. The van der Waals surface area contributed by atoms with Crippen LogP contribution in [0.1, 0.15) is 24.2 Å². The van der Waals surface area contributed by atoms with E-state index in [0.29, 0.717) is 13.1 Å². The second kappa shape index (κ2) is 5.02. The molecular weight excluding hydrogens is 238 g/mol. The third kappa shape index (κ3) is 2.36. The van der Waals surface area contributed by atoms with E-state index in [-0.39, 0.29) is 17.6 Å². The highest BCUT2D eigenvalue weighted by molar-refractivity contribution is 5.94. The fourth-order valence-corrected chi connectivity index (χ4v) is 2.13. The second-order valence-electron chi connectivity index (χ2n) is 4.72. The van der Waals surface area contributed by atoms with Gasteiger partial charge in [-0.25, -0.2) is 8.78 Å². The molecule has 0 aromatic heterocycles. The van der Waals surface area contributed by atoms with Crippen LogP contribution in [0.15, 0.2) is 18.2 Å². The minimum Gasteiger partial charge on any atom is -0.333 e. The molecule has 2 unspecified atom stereocenters. The fraction of sp³-hybridized carbons (Fsp3) is 0.462. The van der Waals surface area contributed by atoms with Crippen molar-refractivity contribution in [2.24, 2.45) is 0 Å². The molecule has 1 amide bonds. The molecule has 5 heteroatoms. The minimum atomic E-state index is -1.07. The average Bonchev–Trinajstić information content (AvgIpc) is 2.35. The van der Waals surface area contributed by atoms with Crippen LogP contribution >= 0.6 is 0 Å². The summed E-state index contributed by atoms with van der Waals surface area (Å²) >= 11 is 0. The van der Waals surface area contributed by atoms with Crippen molar-refractivity contribution in [3.05, 3.63) is 35.4 Å². The summed E-state index contributed by atoms with van der Waals surface area (Å²) in [4.78, 5) is 13.8. The summed E-state index contributed by atoms with van der Waals surface area (Å²) in [5.41, 5.74) is -0.198. The molecule has 0 spiro atoms. The zero-order valence-electron chi connectivity index (χ0n) is 10.4. The quantitative estimate of drug-likeness (QED) is 0.828. The van der Waals surface area contributed by atoms with Gasteiger partial charge in [0.05, 0.1) is 5.56 Å². The molecule has 1 aromatic carbocycles. The van der Waals surface area contributed by atoms with Crippen LogP contribution in [0.5, 0.6) is 0 Å². The SMILES string of the molecule is CC1CN(C(=O)c2cccc(F)c2F)C(C)CN1. The maximum Gasteiger partial charge on any atom is 0.257 e. The number of carbonyl (C=O) groups excluding carboxylic acids is 1. The van der Waals surface area contributed by atoms with Crippen LogP contribution in [0.25, 0.3) is 0 Å². The monoisotopic (exact) mass is 254 g/mol. The molecule has 18 heavy (non-hydrogen) atoms. The van der Waals surface area contributed by atoms with E-state index in [1.54, 1.807) is 4.90 Å². The van der Waals surface area contributed by atoms with Gasteiger partial charge in [-0.1, -0.05) is 6.07 Å². The third-order valence-electron chi connectivity index (χ3n) is 3.21. The van der Waals surface area contributed by atoms with E-state index in [0.717, 1.165) is 6.07 Å². The van der Waals surface area contributed by atoms with Gasteiger partial charge in [0.1, 0.15) is 0 Å². The lowest BCUT2D eigenvalue weighted by atomic mass is 10.1. The van der Waals surface area contributed by atoms with E-state index < -0.39 is 17.5 Å². The zero-order valence-corrected chi connectivity index (χ0v) is 10.4. The lowest BCUT2D eigenvalue weighted by Gasteiger charge is -2.37. The molecule has 1 saturated heterocycles. The summed E-state index contributed by atoms with van der Waals surface area (Å²) in [7, 11) is 0. The number of carbonyl (C=O) groups is 1. The summed E-state index contributed by atoms with van der Waals surface area (Å²) in [6.45, 7) is 4.99. The first-order valence-electron chi connectivity index (χ1n) is 5.99. The molecule has 1 N–H and O–H groups in total. The highest BCUT2D eigenvalue weighted by atomic mass is 19.2. The summed E-state index contributed by atoms with van der Waals surface area (Å²) in [5.74, 6) is -2.51. The fourth-order valence-electron chi connectivity index (χ4n) is 2.13. The topological polar surface area (TPSA) is 32.3 Å². The van der Waals surface area contributed by atoms with Gasteiger partial charge in [0.2, 0.25) is 0 Å². The maximum atomic E-state index is 13.6. The van der Waals surface area contributed by atoms with E-state index in [1.165, 1.54) is 12.1 Å². The Morgan fingerprint density at radius 3 is 2.83 bits per heavy atom. The standard InChI is InChI=1S/C13H16F2N2O/c1-8-7-17(9(2)6-16-8)13(18)10-4-3-5-11(14)12(10)15/h3-5,8-9,16H,6-7H2,1-2H3. The van der Waals surface area contributed by atoms with Gasteiger partial charge >= 0.3 is 0 Å². The van der Waals surface area contributed by atoms with Crippen LogP contribution in [0, 0.1) is 11.6 Å². The van der Waals surface area contributed by atoms with Gasteiger partial charge in [0.25, 0.3) is 5.91 Å². The van der Waals surface area contributed by atoms with Crippen LogP contribution in [-0.4, -0.2) is 36.0 Å². The normalized spacial score (nSPS) is 24.1. The Balaban J connectivity index is 2.27. The van der Waals surface area contributed by atoms with Crippen molar-refractivity contribution in [1.82, 2.24) is 10.2 Å². The Kier molecular flexibility index (Phi) is 3.61. The lowest BCUT2D eigenvalue weighted by Crippen LogP contribution is -2.56. The number of nitrogens with one attached hydrogen (secondary N) is 1. The van der Waals surface area contributed by atoms with Crippen molar-refractivity contribution in [1.29, 1.82) is 0 Å². The number of benzene rings is 1. The maximum absolute atomic E-state index is 13.6. The van der Waals surface area contributed by atoms with Crippen LogP contribution < -0.4 is 5.32 Å². The van der Waals surface area contributed by atoms with Crippen molar-refractivity contribution >= 4 is 5.91 Å². The van der Waals surface area contributed by atoms with E-state index in [9.17, 15) is 13.6 Å². The molecule has 0 radical (unpaired) electrons. The number of halogens is 2. The second-order valence-corrected chi connectivity index (χ2v) is 4.72. The number of hydrogen-bond donors (Lipinski definition) is 1. The van der Waals surface area contributed by atoms with E-state index in [1.807, 2.05) is 13.8 Å². The van der Waals surface area contributed by atoms with Crippen molar-refractivity contribution in [2.45, 2.75) is 25.9 Å². The zero-order chi connectivity index (χ0) is 13.3. The minimum absolute atomic E-state index is 0.0311. The van der Waals surface area contributed by atoms with Gasteiger partial charge in [-0.15, -0.1) is 0 Å². The first-order chi connectivity index (χ1) is 8.50. The van der Waals surface area contributed by atoms with Gasteiger partial charge < -0.3 is 10.2 Å². The lowest BCUT2D eigenvalue weighted by molar-refractivity contribution is 0.0610. The van der Waals surface area contributed by atoms with Crippen LogP contribution in [0.4, 0.5) is 8.78 Å². The van der Waals surface area contributed by atoms with Crippen LogP contribution in [0.2, 0.25) is 0 Å². The molecule has 0 saturated carbocycles. The molecule has 1 aliphatic heterocycles. The van der Waals surface area contributed by atoms with Gasteiger partial charge in [0, 0.05) is 25.2 Å². The molecule has 3 nitrogen and oxygen atoms in total. The molecule has 2 atom stereocenters. The van der Waals surface area contributed by atoms with Gasteiger partial charge in [-0.05, 0) is 26.0 Å². The van der Waals surface area contributed by atoms with Crippen molar-refractivity contribution in [3.8, 4) is 0 Å². The summed E-state index contributed by atoms with van der Waals surface area (Å²) in [5, 5.41) is 3.23. The number of hydrogen-bond acceptors (Lipinski definition) is 2. The van der Waals surface area contributed by atoms with Gasteiger partial charge in [0.15, 0.2) is 11.6 Å². The predicted molar refractivity (Wildman–Crippen MR) is 64.3 cm³/mol. The largest absolute Gasteiger partial charge is 0.333 e. The summed E-state index contributed by atoms with van der Waals surface area (Å²) < 4.78 is 26.7. The van der Waals surface area contributed by atoms with E-state index >= 15 is 0 Å². The highest BCUT2D eigenvalue weighted by Crippen LogP contribution is 2.17. The Bertz CT molecular complexity index is 464. The molecular formula is C13H16F2N2O. The van der Waals surface area contributed by atoms with E-state index in [2.05, 4.69) is 5.32 Å². The summed E-state index contributed by atoms with van der Waals surface area (Å²) in [6.07, 6.45) is 0. The Hall–Kier alpha value is -1.49. The Labute approximate surface area is 105 Å². The average molecular weight is 254 g/mol. The van der Waals surface area contributed by atoms with E-state index in [4.69, 9.17) is 0 Å². The molecule has 1 aliphatic rings. The first-order valence-corrected chi connectivity index (χ1v) is 5.99. The van der Waals surface area contributed by atoms with Gasteiger partial charge in [-0.2, -0.15) is 0 Å². The summed E-state index contributed by atoms with van der Waals surface area (Å²) in [6, 6.07) is 3.80. The molecule has 1 heterocycles. The van der Waals surface area contributed by atoms with Gasteiger partial charge in [-0.3, -0.25) is 4.79 Å². The number of nitrogens with zero attached hydrogens (tertiary/aromatic N) is 1. The van der Waals surface area contributed by atoms with Crippen molar-refractivity contribution in [2.75, 3.05) is 13.1 Å². The Morgan fingerprint density at radius 2 is 2.11 bits per heavy atom. The number of rotatable bonds is 1. The number of piperazine rings is 1. The highest BCUT2D eigenvalue weighted by Gasteiger charge is 2.29. The first kappa shape index (κ1) is 13.0. The molecule has 1 aromatic rings. The molecule has 0 bridgehead atoms. The molecule has 1 fully saturated rings. The Morgan fingerprint density at radius 1 is 1.39 bits per heavy atom. The molecule has 98 valence electrons. The van der Waals surface area contributed by atoms with Crippen molar-refractivity contribution in [3.63, 3.8) is 0 Å². The van der Waals surface area contributed by atoms with Crippen molar-refractivity contribution < 1.29 is 13.6 Å². The number of amides is 1.